The molecule has 0 radical (unpaired) electrons. The zero-order chi connectivity index (χ0) is 26.1. The van der Waals surface area contributed by atoms with Gasteiger partial charge in [-0.05, 0) is 25.0 Å². The lowest BCUT2D eigenvalue weighted by molar-refractivity contribution is 0.102. The summed E-state index contributed by atoms with van der Waals surface area (Å²) in [5, 5.41) is 8.85. The van der Waals surface area contributed by atoms with Gasteiger partial charge in [0.15, 0.2) is 0 Å². The number of rotatable bonds is 6. The second-order valence-corrected chi connectivity index (χ2v) is 9.61. The third-order valence-corrected chi connectivity index (χ3v) is 6.94. The number of hydrogen-bond donors (Lipinski definition) is 2. The van der Waals surface area contributed by atoms with Crippen LogP contribution in [-0.2, 0) is 6.54 Å². The number of nitrogens with two attached hydrogens (primary N) is 1. The molecule has 37 heavy (non-hydrogen) atoms. The summed E-state index contributed by atoms with van der Waals surface area (Å²) in [6.07, 6.45) is 4.65. The fraction of sp³-hybridized carbons (Fsp3) is 0.240. The van der Waals surface area contributed by atoms with Crippen molar-refractivity contribution >= 4 is 28.6 Å². The van der Waals surface area contributed by atoms with Crippen molar-refractivity contribution in [1.82, 2.24) is 14.8 Å². The highest BCUT2D eigenvalue weighted by Crippen LogP contribution is 2.32. The van der Waals surface area contributed by atoms with Crippen LogP contribution < -0.4 is 16.0 Å². The van der Waals surface area contributed by atoms with Crippen molar-refractivity contribution in [3.05, 3.63) is 82.6 Å². The molecule has 0 spiro atoms. The smallest absolute Gasteiger partial charge is 0.275 e. The first-order chi connectivity index (χ1) is 17.8. The van der Waals surface area contributed by atoms with Gasteiger partial charge in [-0.2, -0.15) is 5.10 Å². The standard InChI is InChI=1S/C25H22F4N6OS/c26-15-7-19(28)17(20(29)8-15)12-35-10-14(9-31-35)25-33-22(13-37-25)24(36)32-21-5-1-4-18(27)23(21)34-6-2-3-16(30)11-34/h1,4-5,7-10,13,16H,2-3,6,11-12,30H2,(H,32,36)/t16-/m1/s1. The average molecular weight is 531 g/mol. The monoisotopic (exact) mass is 530 g/mol. The van der Waals surface area contributed by atoms with E-state index in [9.17, 15) is 22.4 Å². The molecule has 1 fully saturated rings. The molecule has 1 aliphatic rings. The molecular formula is C25H22F4N6OS. The van der Waals surface area contributed by atoms with Gasteiger partial charge in [0.1, 0.15) is 34.0 Å². The topological polar surface area (TPSA) is 89.1 Å². The van der Waals surface area contributed by atoms with Crippen molar-refractivity contribution < 1.29 is 22.4 Å². The predicted molar refractivity (Wildman–Crippen MR) is 133 cm³/mol. The van der Waals surface area contributed by atoms with Crippen molar-refractivity contribution in [2.24, 2.45) is 5.73 Å². The summed E-state index contributed by atoms with van der Waals surface area (Å²) in [5.41, 5.74) is 7.00. The predicted octanol–water partition coefficient (Wildman–Crippen LogP) is 4.79. The van der Waals surface area contributed by atoms with E-state index in [1.54, 1.807) is 11.4 Å². The van der Waals surface area contributed by atoms with E-state index in [0.29, 0.717) is 47.2 Å². The molecule has 5 rings (SSSR count). The molecule has 3 N–H and O–H groups in total. The Kier molecular flexibility index (Phi) is 6.94. The molecule has 0 aliphatic carbocycles. The quantitative estimate of drug-likeness (QED) is 0.350. The van der Waals surface area contributed by atoms with E-state index in [0.717, 1.165) is 12.8 Å². The minimum absolute atomic E-state index is 0.0741. The molecule has 0 bridgehead atoms. The number of anilines is 2. The first-order valence-electron chi connectivity index (χ1n) is 11.5. The zero-order valence-electron chi connectivity index (χ0n) is 19.4. The lowest BCUT2D eigenvalue weighted by Crippen LogP contribution is -2.43. The van der Waals surface area contributed by atoms with Gasteiger partial charge >= 0.3 is 0 Å². The van der Waals surface area contributed by atoms with Gasteiger partial charge in [0, 0.05) is 54.0 Å². The van der Waals surface area contributed by atoms with Gasteiger partial charge in [-0.15, -0.1) is 11.3 Å². The summed E-state index contributed by atoms with van der Waals surface area (Å²) in [7, 11) is 0. The van der Waals surface area contributed by atoms with Gasteiger partial charge in [0.05, 0.1) is 24.1 Å². The van der Waals surface area contributed by atoms with Gasteiger partial charge in [-0.1, -0.05) is 6.07 Å². The van der Waals surface area contributed by atoms with Gasteiger partial charge in [0.2, 0.25) is 0 Å². The van der Waals surface area contributed by atoms with Crippen LogP contribution in [0.5, 0.6) is 0 Å². The SMILES string of the molecule is N[C@@H]1CCCN(c2c(F)cccc2NC(=O)c2csc(-c3cnn(Cc4c(F)cc(F)cc4F)c3)n2)C1. The van der Waals surface area contributed by atoms with E-state index in [2.05, 4.69) is 15.4 Å². The van der Waals surface area contributed by atoms with E-state index < -0.39 is 29.2 Å². The van der Waals surface area contributed by atoms with E-state index in [-0.39, 0.29) is 23.8 Å². The van der Waals surface area contributed by atoms with E-state index >= 15 is 0 Å². The van der Waals surface area contributed by atoms with Crippen LogP contribution in [0.4, 0.5) is 28.9 Å². The zero-order valence-corrected chi connectivity index (χ0v) is 20.2. The molecule has 4 aromatic rings. The molecule has 7 nitrogen and oxygen atoms in total. The van der Waals surface area contributed by atoms with Crippen molar-refractivity contribution in [3.8, 4) is 10.6 Å². The van der Waals surface area contributed by atoms with Crippen LogP contribution in [0.15, 0.2) is 48.1 Å². The maximum Gasteiger partial charge on any atom is 0.275 e. The highest BCUT2D eigenvalue weighted by atomic mass is 32.1. The number of nitrogens with zero attached hydrogens (tertiary/aromatic N) is 4. The Morgan fingerprint density at radius 2 is 1.95 bits per heavy atom. The van der Waals surface area contributed by atoms with Crippen LogP contribution in [0.3, 0.4) is 0 Å². The summed E-state index contributed by atoms with van der Waals surface area (Å²) >= 11 is 1.18. The second-order valence-electron chi connectivity index (χ2n) is 8.75. The molecule has 1 atom stereocenters. The molecule has 12 heteroatoms. The number of para-hydroxylation sites is 1. The molecule has 3 heterocycles. The molecule has 1 amide bonds. The molecule has 2 aromatic carbocycles. The summed E-state index contributed by atoms with van der Waals surface area (Å²) in [6.45, 7) is 0.869. The number of carbonyl (C=O) groups excluding carboxylic acids is 1. The van der Waals surface area contributed by atoms with Crippen molar-refractivity contribution in [2.75, 3.05) is 23.3 Å². The summed E-state index contributed by atoms with van der Waals surface area (Å²) in [4.78, 5) is 19.1. The number of thiazole rings is 1. The maximum absolute atomic E-state index is 14.7. The molecule has 0 unspecified atom stereocenters. The second kappa shape index (κ2) is 10.3. The molecule has 0 saturated carbocycles. The van der Waals surface area contributed by atoms with Crippen LogP contribution >= 0.6 is 11.3 Å². The summed E-state index contributed by atoms with van der Waals surface area (Å²) in [5.74, 6) is -3.99. The number of carbonyl (C=O) groups is 1. The number of halogens is 4. The fourth-order valence-electron chi connectivity index (χ4n) is 4.29. The van der Waals surface area contributed by atoms with Crippen molar-refractivity contribution in [2.45, 2.75) is 25.4 Å². The average Bonchev–Trinajstić information content (AvgIpc) is 3.51. The third-order valence-electron chi connectivity index (χ3n) is 6.05. The first-order valence-corrected chi connectivity index (χ1v) is 12.4. The van der Waals surface area contributed by atoms with Gasteiger partial charge in [-0.25, -0.2) is 22.5 Å². The highest BCUT2D eigenvalue weighted by Gasteiger charge is 2.24. The Labute approximate surface area is 213 Å². The molecule has 1 saturated heterocycles. The highest BCUT2D eigenvalue weighted by molar-refractivity contribution is 7.13. The first kappa shape index (κ1) is 24.9. The fourth-order valence-corrected chi connectivity index (χ4v) is 5.07. The van der Waals surface area contributed by atoms with Crippen LogP contribution in [0.25, 0.3) is 10.6 Å². The Balaban J connectivity index is 1.32. The van der Waals surface area contributed by atoms with E-state index in [1.807, 2.05) is 4.90 Å². The molecular weight excluding hydrogens is 508 g/mol. The Morgan fingerprint density at radius 3 is 2.70 bits per heavy atom. The van der Waals surface area contributed by atoms with Gasteiger partial charge in [-0.3, -0.25) is 9.48 Å². The largest absolute Gasteiger partial charge is 0.366 e. The molecule has 1 aliphatic heterocycles. The normalized spacial score (nSPS) is 15.7. The molecule has 2 aromatic heterocycles. The summed E-state index contributed by atoms with van der Waals surface area (Å²) < 4.78 is 57.2. The third kappa shape index (κ3) is 5.35. The minimum Gasteiger partial charge on any atom is -0.366 e. The van der Waals surface area contributed by atoms with Crippen LogP contribution in [0.1, 0.15) is 28.9 Å². The Hall–Kier alpha value is -3.77. The molecule has 192 valence electrons. The van der Waals surface area contributed by atoms with Crippen LogP contribution in [-0.4, -0.2) is 39.8 Å². The number of hydrogen-bond acceptors (Lipinski definition) is 6. The van der Waals surface area contributed by atoms with Crippen LogP contribution in [0, 0.1) is 23.3 Å². The summed E-state index contributed by atoms with van der Waals surface area (Å²) in [6, 6.07) is 5.63. The van der Waals surface area contributed by atoms with Gasteiger partial charge < -0.3 is 16.0 Å². The number of nitrogens with one attached hydrogen (secondary N) is 1. The Bertz CT molecular complexity index is 1430. The van der Waals surface area contributed by atoms with Crippen molar-refractivity contribution in [3.63, 3.8) is 0 Å². The van der Waals surface area contributed by atoms with Crippen molar-refractivity contribution in [1.29, 1.82) is 0 Å². The maximum atomic E-state index is 14.7. The van der Waals surface area contributed by atoms with Gasteiger partial charge in [0.25, 0.3) is 5.91 Å². The number of aromatic nitrogens is 3. The lowest BCUT2D eigenvalue weighted by atomic mass is 10.1. The van der Waals surface area contributed by atoms with Crippen LogP contribution in [0.2, 0.25) is 0 Å². The van der Waals surface area contributed by atoms with E-state index in [1.165, 1.54) is 40.5 Å². The lowest BCUT2D eigenvalue weighted by Gasteiger charge is -2.34. The number of benzene rings is 2. The van der Waals surface area contributed by atoms with E-state index in [4.69, 9.17) is 5.73 Å². The number of piperidine rings is 1. The minimum atomic E-state index is -1.01. The number of amides is 1. The Morgan fingerprint density at radius 1 is 1.16 bits per heavy atom.